The molecule has 4 heterocycles. The van der Waals surface area contributed by atoms with Crippen LogP contribution in [0.2, 0.25) is 0 Å². The third-order valence-electron chi connectivity index (χ3n) is 6.88. The molecular weight excluding hydrogens is 456 g/mol. The van der Waals surface area contributed by atoms with E-state index in [4.69, 9.17) is 9.40 Å². The number of hydrogen-bond acceptors (Lipinski definition) is 6. The molecule has 0 saturated carbocycles. The highest BCUT2D eigenvalue weighted by Crippen LogP contribution is 2.28. The van der Waals surface area contributed by atoms with Gasteiger partial charge in [-0.1, -0.05) is 12.1 Å². The standard InChI is InChI=1S/C27H30N6O3/c1-17-7-5-8-21(18(17)2)28-24(34)16-32-10-12-33(13-11-32)27(35)20-15-22(23-9-6-14-36-23)29-26-25(20)19(3)30-31(26)4/h5-9,14-15H,10-13,16H2,1-4H3,(H,28,34). The van der Waals surface area contributed by atoms with E-state index in [1.54, 1.807) is 23.1 Å². The lowest BCUT2D eigenvalue weighted by molar-refractivity contribution is -0.117. The van der Waals surface area contributed by atoms with Crippen LogP contribution in [-0.4, -0.2) is 69.1 Å². The van der Waals surface area contributed by atoms with E-state index in [1.807, 2.05) is 57.0 Å². The first-order chi connectivity index (χ1) is 17.3. The van der Waals surface area contributed by atoms with Crippen LogP contribution < -0.4 is 5.32 Å². The normalized spacial score (nSPS) is 14.4. The third-order valence-corrected chi connectivity index (χ3v) is 6.88. The Morgan fingerprint density at radius 3 is 2.56 bits per heavy atom. The molecular formula is C27H30N6O3. The Balaban J connectivity index is 1.29. The van der Waals surface area contributed by atoms with Crippen molar-refractivity contribution in [3.63, 3.8) is 0 Å². The molecule has 0 spiro atoms. The van der Waals surface area contributed by atoms with Gasteiger partial charge in [-0.25, -0.2) is 4.98 Å². The van der Waals surface area contributed by atoms with Gasteiger partial charge >= 0.3 is 0 Å². The molecule has 1 fully saturated rings. The Bertz CT molecular complexity index is 1430. The Morgan fingerprint density at radius 1 is 1.06 bits per heavy atom. The molecule has 1 N–H and O–H groups in total. The number of carbonyl (C=O) groups is 2. The number of rotatable bonds is 5. The van der Waals surface area contributed by atoms with E-state index in [2.05, 4.69) is 15.3 Å². The number of hydrogen-bond donors (Lipinski definition) is 1. The summed E-state index contributed by atoms with van der Waals surface area (Å²) in [5.74, 6) is 0.490. The van der Waals surface area contributed by atoms with E-state index < -0.39 is 0 Å². The van der Waals surface area contributed by atoms with Crippen molar-refractivity contribution in [2.45, 2.75) is 20.8 Å². The minimum atomic E-state index is -0.0641. The molecule has 9 heteroatoms. The van der Waals surface area contributed by atoms with Crippen LogP contribution in [0.15, 0.2) is 47.1 Å². The minimum absolute atomic E-state index is 0.0478. The summed E-state index contributed by atoms with van der Waals surface area (Å²) in [6.07, 6.45) is 1.59. The molecule has 0 aliphatic carbocycles. The van der Waals surface area contributed by atoms with E-state index in [0.29, 0.717) is 55.4 Å². The SMILES string of the molecule is Cc1cccc(NC(=O)CN2CCN(C(=O)c3cc(-c4ccco4)nc4c3c(C)nn4C)CC2)c1C. The van der Waals surface area contributed by atoms with E-state index in [0.717, 1.165) is 27.9 Å². The molecule has 0 bridgehead atoms. The summed E-state index contributed by atoms with van der Waals surface area (Å²) in [5, 5.41) is 8.27. The lowest BCUT2D eigenvalue weighted by Crippen LogP contribution is -2.50. The van der Waals surface area contributed by atoms with Crippen molar-refractivity contribution in [3.8, 4) is 11.5 Å². The Kier molecular flexibility index (Phi) is 6.32. The average Bonchev–Trinajstić information content (AvgIpc) is 3.50. The maximum Gasteiger partial charge on any atom is 0.254 e. The molecule has 1 saturated heterocycles. The summed E-state index contributed by atoms with van der Waals surface area (Å²) in [7, 11) is 1.82. The molecule has 4 aromatic rings. The van der Waals surface area contributed by atoms with Crippen molar-refractivity contribution in [1.29, 1.82) is 0 Å². The lowest BCUT2D eigenvalue weighted by Gasteiger charge is -2.34. The summed E-state index contributed by atoms with van der Waals surface area (Å²) in [5.41, 5.74) is 5.63. The van der Waals surface area contributed by atoms with Crippen LogP contribution in [0.4, 0.5) is 5.69 Å². The zero-order chi connectivity index (χ0) is 25.4. The Hall–Kier alpha value is -3.98. The van der Waals surface area contributed by atoms with Gasteiger partial charge in [0.15, 0.2) is 11.4 Å². The van der Waals surface area contributed by atoms with Crippen molar-refractivity contribution in [2.75, 3.05) is 38.0 Å². The Morgan fingerprint density at radius 2 is 1.83 bits per heavy atom. The first-order valence-corrected chi connectivity index (χ1v) is 12.1. The number of nitrogens with zero attached hydrogens (tertiary/aromatic N) is 5. The van der Waals surface area contributed by atoms with Crippen LogP contribution in [0.5, 0.6) is 0 Å². The summed E-state index contributed by atoms with van der Waals surface area (Å²) >= 11 is 0. The predicted molar refractivity (Wildman–Crippen MR) is 138 cm³/mol. The fraction of sp³-hybridized carbons (Fsp3) is 0.333. The van der Waals surface area contributed by atoms with E-state index >= 15 is 0 Å². The molecule has 0 atom stereocenters. The zero-order valence-electron chi connectivity index (χ0n) is 21.0. The molecule has 9 nitrogen and oxygen atoms in total. The zero-order valence-corrected chi connectivity index (χ0v) is 21.0. The number of furan rings is 1. The number of anilines is 1. The molecule has 1 aromatic carbocycles. The Labute approximate surface area is 209 Å². The molecule has 36 heavy (non-hydrogen) atoms. The van der Waals surface area contributed by atoms with Crippen LogP contribution in [0.1, 0.15) is 27.2 Å². The second-order valence-corrected chi connectivity index (χ2v) is 9.30. The topological polar surface area (TPSA) is 96.5 Å². The predicted octanol–water partition coefficient (Wildman–Crippen LogP) is 3.55. The van der Waals surface area contributed by atoms with Gasteiger partial charge < -0.3 is 14.6 Å². The van der Waals surface area contributed by atoms with E-state index in [9.17, 15) is 9.59 Å². The van der Waals surface area contributed by atoms with E-state index in [-0.39, 0.29) is 11.8 Å². The summed E-state index contributed by atoms with van der Waals surface area (Å²) in [4.78, 5) is 34.9. The van der Waals surface area contributed by atoms with Crippen LogP contribution in [-0.2, 0) is 11.8 Å². The number of aromatic nitrogens is 3. The summed E-state index contributed by atoms with van der Waals surface area (Å²) in [6, 6.07) is 11.3. The lowest BCUT2D eigenvalue weighted by atomic mass is 10.1. The van der Waals surface area contributed by atoms with Crippen LogP contribution in [0, 0.1) is 20.8 Å². The highest BCUT2D eigenvalue weighted by Gasteiger charge is 2.27. The number of pyridine rings is 1. The van der Waals surface area contributed by atoms with Gasteiger partial charge in [0.2, 0.25) is 5.91 Å². The number of carbonyl (C=O) groups excluding carboxylic acids is 2. The smallest absolute Gasteiger partial charge is 0.254 e. The largest absolute Gasteiger partial charge is 0.463 e. The molecule has 1 aliphatic rings. The van der Waals surface area contributed by atoms with Gasteiger partial charge in [0.1, 0.15) is 5.69 Å². The summed E-state index contributed by atoms with van der Waals surface area (Å²) in [6.45, 7) is 8.53. The van der Waals surface area contributed by atoms with Crippen molar-refractivity contribution >= 4 is 28.5 Å². The van der Waals surface area contributed by atoms with Gasteiger partial charge in [0, 0.05) is 38.9 Å². The second kappa shape index (κ2) is 9.58. The number of amides is 2. The van der Waals surface area contributed by atoms with Crippen molar-refractivity contribution in [1.82, 2.24) is 24.6 Å². The number of benzene rings is 1. The fourth-order valence-electron chi connectivity index (χ4n) is 4.72. The first kappa shape index (κ1) is 23.7. The highest BCUT2D eigenvalue weighted by atomic mass is 16.3. The highest BCUT2D eigenvalue weighted by molar-refractivity contribution is 6.07. The maximum absolute atomic E-state index is 13.7. The summed E-state index contributed by atoms with van der Waals surface area (Å²) < 4.78 is 7.24. The van der Waals surface area contributed by atoms with Gasteiger partial charge in [-0.15, -0.1) is 0 Å². The number of aryl methyl sites for hydroxylation is 3. The molecule has 0 radical (unpaired) electrons. The minimum Gasteiger partial charge on any atom is -0.463 e. The van der Waals surface area contributed by atoms with Gasteiger partial charge in [0.05, 0.1) is 29.5 Å². The fourth-order valence-corrected chi connectivity index (χ4v) is 4.72. The molecule has 0 unspecified atom stereocenters. The molecule has 2 amide bonds. The molecule has 5 rings (SSSR count). The molecule has 3 aromatic heterocycles. The second-order valence-electron chi connectivity index (χ2n) is 9.30. The van der Waals surface area contributed by atoms with E-state index in [1.165, 1.54) is 0 Å². The van der Waals surface area contributed by atoms with Gasteiger partial charge in [-0.2, -0.15) is 5.10 Å². The van der Waals surface area contributed by atoms with Gasteiger partial charge in [-0.3, -0.25) is 19.2 Å². The van der Waals surface area contributed by atoms with Crippen LogP contribution in [0.25, 0.3) is 22.5 Å². The first-order valence-electron chi connectivity index (χ1n) is 12.1. The third kappa shape index (κ3) is 4.49. The molecule has 1 aliphatic heterocycles. The quantitative estimate of drug-likeness (QED) is 0.464. The van der Waals surface area contributed by atoms with Crippen LogP contribution in [0.3, 0.4) is 0 Å². The molecule has 186 valence electrons. The number of fused-ring (bicyclic) bond motifs is 1. The average molecular weight is 487 g/mol. The van der Waals surface area contributed by atoms with Gasteiger partial charge in [0.25, 0.3) is 5.91 Å². The van der Waals surface area contributed by atoms with Gasteiger partial charge in [-0.05, 0) is 56.2 Å². The van der Waals surface area contributed by atoms with Crippen molar-refractivity contribution in [2.24, 2.45) is 7.05 Å². The maximum atomic E-state index is 13.7. The van der Waals surface area contributed by atoms with Crippen molar-refractivity contribution in [3.05, 3.63) is 65.0 Å². The van der Waals surface area contributed by atoms with Crippen molar-refractivity contribution < 1.29 is 14.0 Å². The monoisotopic (exact) mass is 486 g/mol. The van der Waals surface area contributed by atoms with Crippen LogP contribution >= 0.6 is 0 Å². The number of nitrogens with one attached hydrogen (secondary N) is 1. The number of piperazine rings is 1.